The summed E-state index contributed by atoms with van der Waals surface area (Å²) in [4.78, 5) is 25.4. The highest BCUT2D eigenvalue weighted by atomic mass is 16.5. The standard InChI is InChI=1S/C25H26O10/c1-11(26)15-10-34-25(32)14(21(15)12-3-5-16(28)19(7-12)33-2)4-6-18-23(30)24(31)22-17(29)8-13(27)9-20(22)35-18/h3-9,11,14-15,18,21,23,26-30H,10H2,1-2H3/b6-4+. The summed E-state index contributed by atoms with van der Waals surface area (Å²) in [7, 11) is 1.39. The maximum atomic E-state index is 12.8. The molecule has 0 spiro atoms. The van der Waals surface area contributed by atoms with E-state index < -0.39 is 53.6 Å². The Hall–Kier alpha value is -3.76. The Morgan fingerprint density at radius 2 is 1.83 bits per heavy atom. The SMILES string of the molecule is COc1cc(C2C(/C=C/C3Oc4cc(O)cc(O)c4C(=O)C3O)C(=O)OCC2C(C)O)ccc1O. The van der Waals surface area contributed by atoms with Gasteiger partial charge in [0.1, 0.15) is 22.8 Å². The number of phenolic OH excluding ortho intramolecular Hbond substituents is 3. The van der Waals surface area contributed by atoms with E-state index in [1.165, 1.54) is 25.3 Å². The van der Waals surface area contributed by atoms with Crippen LogP contribution in [0, 0.1) is 11.8 Å². The van der Waals surface area contributed by atoms with Gasteiger partial charge in [-0.1, -0.05) is 12.1 Å². The van der Waals surface area contributed by atoms with Crippen LogP contribution in [0.15, 0.2) is 42.5 Å². The lowest BCUT2D eigenvalue weighted by atomic mass is 9.73. The summed E-state index contributed by atoms with van der Waals surface area (Å²) in [6, 6.07) is 6.73. The van der Waals surface area contributed by atoms with Crippen LogP contribution in [0.4, 0.5) is 0 Å². The quantitative estimate of drug-likeness (QED) is 0.310. The number of Topliss-reactive ketones (excluding diaryl/α,β-unsaturated/α-hetero) is 1. The van der Waals surface area contributed by atoms with Gasteiger partial charge in [0.25, 0.3) is 0 Å². The lowest BCUT2D eigenvalue weighted by Gasteiger charge is -2.38. The van der Waals surface area contributed by atoms with E-state index in [0.717, 1.165) is 12.1 Å². The summed E-state index contributed by atoms with van der Waals surface area (Å²) in [5, 5.41) is 50.6. The number of aliphatic hydroxyl groups is 2. The molecule has 186 valence electrons. The Morgan fingerprint density at radius 3 is 2.51 bits per heavy atom. The van der Waals surface area contributed by atoms with Gasteiger partial charge >= 0.3 is 5.97 Å². The predicted octanol–water partition coefficient (Wildman–Crippen LogP) is 1.63. The molecule has 0 aliphatic carbocycles. The maximum absolute atomic E-state index is 12.8. The molecule has 4 rings (SSSR count). The summed E-state index contributed by atoms with van der Waals surface area (Å²) < 4.78 is 16.1. The van der Waals surface area contributed by atoms with Gasteiger partial charge in [0.2, 0.25) is 5.78 Å². The Balaban J connectivity index is 1.70. The van der Waals surface area contributed by atoms with E-state index in [-0.39, 0.29) is 35.2 Å². The van der Waals surface area contributed by atoms with Gasteiger partial charge in [0.05, 0.1) is 25.7 Å². The third-order valence-electron chi connectivity index (χ3n) is 6.41. The average Bonchev–Trinajstić information content (AvgIpc) is 2.80. The van der Waals surface area contributed by atoms with Crippen LogP contribution in [-0.4, -0.2) is 69.3 Å². The van der Waals surface area contributed by atoms with Gasteiger partial charge in [-0.15, -0.1) is 0 Å². The number of aliphatic hydroxyl groups excluding tert-OH is 2. The number of phenols is 3. The average molecular weight is 486 g/mol. The van der Waals surface area contributed by atoms with E-state index in [4.69, 9.17) is 14.2 Å². The highest BCUT2D eigenvalue weighted by Gasteiger charge is 2.43. The van der Waals surface area contributed by atoms with E-state index in [2.05, 4.69) is 0 Å². The molecule has 0 aromatic heterocycles. The molecular formula is C25H26O10. The van der Waals surface area contributed by atoms with Gasteiger partial charge in [0.15, 0.2) is 23.7 Å². The van der Waals surface area contributed by atoms with Crippen molar-refractivity contribution in [3.8, 4) is 28.7 Å². The number of hydrogen-bond donors (Lipinski definition) is 5. The smallest absolute Gasteiger partial charge is 0.313 e. The van der Waals surface area contributed by atoms with Crippen molar-refractivity contribution in [3.05, 3.63) is 53.6 Å². The molecule has 35 heavy (non-hydrogen) atoms. The third kappa shape index (κ3) is 4.50. The Kier molecular flexibility index (Phi) is 6.60. The molecule has 2 aromatic rings. The first kappa shape index (κ1) is 24.4. The van der Waals surface area contributed by atoms with E-state index >= 15 is 0 Å². The minimum absolute atomic E-state index is 0.0261. The summed E-state index contributed by atoms with van der Waals surface area (Å²) >= 11 is 0. The molecule has 6 unspecified atom stereocenters. The molecule has 0 saturated carbocycles. The van der Waals surface area contributed by atoms with Crippen molar-refractivity contribution >= 4 is 11.8 Å². The summed E-state index contributed by atoms with van der Waals surface area (Å²) in [6.45, 7) is 1.56. The molecule has 2 aliphatic rings. The Morgan fingerprint density at radius 1 is 1.09 bits per heavy atom. The monoisotopic (exact) mass is 486 g/mol. The van der Waals surface area contributed by atoms with Gasteiger partial charge in [-0.3, -0.25) is 9.59 Å². The van der Waals surface area contributed by atoms with Gasteiger partial charge in [-0.05, 0) is 30.7 Å². The molecular weight excluding hydrogens is 460 g/mol. The molecule has 2 aromatic carbocycles. The second kappa shape index (κ2) is 9.47. The minimum atomic E-state index is -1.67. The van der Waals surface area contributed by atoms with Crippen molar-refractivity contribution < 1.29 is 49.3 Å². The van der Waals surface area contributed by atoms with Crippen LogP contribution < -0.4 is 9.47 Å². The molecule has 0 bridgehead atoms. The molecule has 10 nitrogen and oxygen atoms in total. The number of carbonyl (C=O) groups excluding carboxylic acids is 2. The van der Waals surface area contributed by atoms with Crippen LogP contribution in [0.3, 0.4) is 0 Å². The molecule has 0 radical (unpaired) electrons. The number of methoxy groups -OCH3 is 1. The fourth-order valence-electron chi connectivity index (χ4n) is 4.59. The first-order valence-corrected chi connectivity index (χ1v) is 11.0. The topological polar surface area (TPSA) is 163 Å². The number of benzene rings is 2. The van der Waals surface area contributed by atoms with E-state index in [0.29, 0.717) is 5.56 Å². The predicted molar refractivity (Wildman–Crippen MR) is 121 cm³/mol. The normalized spacial score (nSPS) is 27.1. The molecule has 2 heterocycles. The number of carbonyl (C=O) groups is 2. The molecule has 6 atom stereocenters. The molecule has 0 amide bonds. The molecule has 10 heteroatoms. The van der Waals surface area contributed by atoms with Crippen molar-refractivity contribution in [2.24, 2.45) is 11.8 Å². The Bertz CT molecular complexity index is 1170. The number of esters is 1. The van der Waals surface area contributed by atoms with Crippen molar-refractivity contribution in [1.29, 1.82) is 0 Å². The molecule has 5 N–H and O–H groups in total. The fourth-order valence-corrected chi connectivity index (χ4v) is 4.59. The van der Waals surface area contributed by atoms with Crippen LogP contribution in [0.1, 0.15) is 28.8 Å². The lowest BCUT2D eigenvalue weighted by molar-refractivity contribution is -0.158. The molecule has 1 saturated heterocycles. The number of ether oxygens (including phenoxy) is 3. The number of rotatable bonds is 5. The van der Waals surface area contributed by atoms with Crippen molar-refractivity contribution in [2.45, 2.75) is 31.2 Å². The molecule has 1 fully saturated rings. The zero-order chi connectivity index (χ0) is 25.4. The van der Waals surface area contributed by atoms with Gasteiger partial charge in [0, 0.05) is 24.0 Å². The van der Waals surface area contributed by atoms with Crippen molar-refractivity contribution in [2.75, 3.05) is 13.7 Å². The van der Waals surface area contributed by atoms with E-state index in [9.17, 15) is 35.1 Å². The van der Waals surface area contributed by atoms with E-state index in [1.807, 2.05) is 0 Å². The number of ketones is 1. The third-order valence-corrected chi connectivity index (χ3v) is 6.41. The minimum Gasteiger partial charge on any atom is -0.508 e. The summed E-state index contributed by atoms with van der Waals surface area (Å²) in [6.07, 6.45) is -0.956. The van der Waals surface area contributed by atoms with Crippen LogP contribution >= 0.6 is 0 Å². The Labute approximate surface area is 200 Å². The summed E-state index contributed by atoms with van der Waals surface area (Å²) in [5.74, 6) is -4.24. The second-order valence-electron chi connectivity index (χ2n) is 8.63. The number of aromatic hydroxyl groups is 3. The van der Waals surface area contributed by atoms with Crippen molar-refractivity contribution in [1.82, 2.24) is 0 Å². The van der Waals surface area contributed by atoms with Crippen molar-refractivity contribution in [3.63, 3.8) is 0 Å². The van der Waals surface area contributed by atoms with E-state index in [1.54, 1.807) is 19.1 Å². The van der Waals surface area contributed by atoms with Crippen LogP contribution in [0.5, 0.6) is 28.7 Å². The highest BCUT2D eigenvalue weighted by Crippen LogP contribution is 2.43. The van der Waals surface area contributed by atoms with Crippen LogP contribution in [-0.2, 0) is 9.53 Å². The fraction of sp³-hybridized carbons (Fsp3) is 0.360. The molecule has 2 aliphatic heterocycles. The highest BCUT2D eigenvalue weighted by molar-refractivity contribution is 6.05. The van der Waals surface area contributed by atoms with Gasteiger partial charge in [-0.25, -0.2) is 0 Å². The maximum Gasteiger partial charge on any atom is 0.313 e. The van der Waals surface area contributed by atoms with Crippen LogP contribution in [0.2, 0.25) is 0 Å². The largest absolute Gasteiger partial charge is 0.508 e. The summed E-state index contributed by atoms with van der Waals surface area (Å²) in [5.41, 5.74) is 0.360. The number of cyclic esters (lactones) is 1. The first-order valence-electron chi connectivity index (χ1n) is 11.0. The number of hydrogen-bond acceptors (Lipinski definition) is 10. The zero-order valence-electron chi connectivity index (χ0n) is 19.0. The van der Waals surface area contributed by atoms with Crippen LogP contribution in [0.25, 0.3) is 0 Å². The number of fused-ring (bicyclic) bond motifs is 1. The first-order chi connectivity index (χ1) is 16.6. The lowest BCUT2D eigenvalue weighted by Crippen LogP contribution is -2.43. The second-order valence-corrected chi connectivity index (χ2v) is 8.63. The van der Waals surface area contributed by atoms with Gasteiger partial charge < -0.3 is 39.7 Å². The zero-order valence-corrected chi connectivity index (χ0v) is 19.0. The van der Waals surface area contributed by atoms with Gasteiger partial charge in [-0.2, -0.15) is 0 Å².